The zero-order chi connectivity index (χ0) is 18.1. The molecule has 0 aromatic carbocycles. The predicted octanol–water partition coefficient (Wildman–Crippen LogP) is 1.38. The standard InChI is InChI=1S/C18H31N5O2/c1-12-9-21(10-13(2)25-12)18(24)14(3)22-8-6-7-17(22)11-23-16(5)19-15(4)20-23/h12-14,17H,6-11H2,1-5H3/t12-,13-,14+,17-/m0/s1. The number of amides is 1. The van der Waals surface area contributed by atoms with E-state index in [1.807, 2.05) is 44.2 Å². The van der Waals surface area contributed by atoms with Gasteiger partial charge in [-0.15, -0.1) is 0 Å². The zero-order valence-corrected chi connectivity index (χ0v) is 16.1. The van der Waals surface area contributed by atoms with Gasteiger partial charge in [0.25, 0.3) is 0 Å². The Kier molecular flexibility index (Phi) is 5.43. The van der Waals surface area contributed by atoms with Gasteiger partial charge in [0.15, 0.2) is 0 Å². The van der Waals surface area contributed by atoms with E-state index in [9.17, 15) is 4.79 Å². The molecule has 0 aliphatic carbocycles. The fourth-order valence-electron chi connectivity index (χ4n) is 4.26. The summed E-state index contributed by atoms with van der Waals surface area (Å²) >= 11 is 0. The highest BCUT2D eigenvalue weighted by molar-refractivity contribution is 5.81. The van der Waals surface area contributed by atoms with Crippen LogP contribution in [0, 0.1) is 13.8 Å². The maximum absolute atomic E-state index is 13.0. The summed E-state index contributed by atoms with van der Waals surface area (Å²) in [7, 11) is 0. The molecular weight excluding hydrogens is 318 g/mol. The van der Waals surface area contributed by atoms with Gasteiger partial charge in [0.2, 0.25) is 5.91 Å². The number of rotatable bonds is 4. The van der Waals surface area contributed by atoms with Crippen LogP contribution in [-0.4, -0.2) is 74.4 Å². The van der Waals surface area contributed by atoms with Gasteiger partial charge in [-0.25, -0.2) is 9.67 Å². The third-order valence-corrected chi connectivity index (χ3v) is 5.36. The smallest absolute Gasteiger partial charge is 0.239 e. The largest absolute Gasteiger partial charge is 0.372 e. The lowest BCUT2D eigenvalue weighted by molar-refractivity contribution is -0.148. The molecule has 3 heterocycles. The monoisotopic (exact) mass is 349 g/mol. The molecule has 3 rings (SSSR count). The second-order valence-electron chi connectivity index (χ2n) is 7.60. The highest BCUT2D eigenvalue weighted by Crippen LogP contribution is 2.24. The molecule has 2 aliphatic rings. The predicted molar refractivity (Wildman–Crippen MR) is 95.3 cm³/mol. The summed E-state index contributed by atoms with van der Waals surface area (Å²) in [4.78, 5) is 21.8. The molecule has 2 fully saturated rings. The molecule has 0 unspecified atom stereocenters. The number of ether oxygens (including phenoxy) is 1. The fraction of sp³-hybridized carbons (Fsp3) is 0.833. The van der Waals surface area contributed by atoms with Crippen LogP contribution in [0.25, 0.3) is 0 Å². The van der Waals surface area contributed by atoms with E-state index < -0.39 is 0 Å². The Bertz CT molecular complexity index is 607. The number of aromatic nitrogens is 3. The average Bonchev–Trinajstić information content (AvgIpc) is 3.11. The molecule has 0 bridgehead atoms. The molecule has 2 aliphatic heterocycles. The molecule has 0 radical (unpaired) electrons. The van der Waals surface area contributed by atoms with E-state index in [2.05, 4.69) is 15.0 Å². The van der Waals surface area contributed by atoms with Crippen LogP contribution in [0.15, 0.2) is 0 Å². The number of hydrogen-bond acceptors (Lipinski definition) is 5. The minimum absolute atomic E-state index is 0.102. The minimum atomic E-state index is -0.102. The Labute approximate surface area is 150 Å². The van der Waals surface area contributed by atoms with Gasteiger partial charge in [0.1, 0.15) is 11.6 Å². The molecular formula is C18H31N5O2. The van der Waals surface area contributed by atoms with E-state index in [0.29, 0.717) is 19.1 Å². The maximum atomic E-state index is 13.0. The highest BCUT2D eigenvalue weighted by Gasteiger charge is 2.36. The number of aryl methyl sites for hydroxylation is 2. The van der Waals surface area contributed by atoms with Crippen molar-refractivity contribution in [1.82, 2.24) is 24.6 Å². The van der Waals surface area contributed by atoms with Gasteiger partial charge in [-0.2, -0.15) is 5.10 Å². The Balaban J connectivity index is 1.66. The second kappa shape index (κ2) is 7.41. The van der Waals surface area contributed by atoms with Gasteiger partial charge in [0.05, 0.1) is 24.8 Å². The van der Waals surface area contributed by atoms with Gasteiger partial charge >= 0.3 is 0 Å². The van der Waals surface area contributed by atoms with Crippen molar-refractivity contribution in [3.05, 3.63) is 11.6 Å². The third kappa shape index (κ3) is 4.03. The topological polar surface area (TPSA) is 63.5 Å². The Hall–Kier alpha value is -1.47. The van der Waals surface area contributed by atoms with E-state index in [0.717, 1.165) is 37.6 Å². The Morgan fingerprint density at radius 1 is 1.28 bits per heavy atom. The first-order chi connectivity index (χ1) is 11.8. The van der Waals surface area contributed by atoms with Crippen LogP contribution in [0.2, 0.25) is 0 Å². The van der Waals surface area contributed by atoms with Crippen LogP contribution in [-0.2, 0) is 16.1 Å². The SMILES string of the molecule is Cc1nc(C)n(C[C@@H]2CCCN2[C@H](C)C(=O)N2C[C@H](C)O[C@@H](C)C2)n1. The third-order valence-electron chi connectivity index (χ3n) is 5.36. The Morgan fingerprint density at radius 3 is 2.56 bits per heavy atom. The van der Waals surface area contributed by atoms with E-state index in [4.69, 9.17) is 4.74 Å². The summed E-state index contributed by atoms with van der Waals surface area (Å²) in [6.45, 7) is 13.2. The van der Waals surface area contributed by atoms with Gasteiger partial charge in [-0.05, 0) is 54.0 Å². The lowest BCUT2D eigenvalue weighted by atomic mass is 10.1. The van der Waals surface area contributed by atoms with Crippen LogP contribution in [0.4, 0.5) is 0 Å². The number of morpholine rings is 1. The molecule has 25 heavy (non-hydrogen) atoms. The fourth-order valence-corrected chi connectivity index (χ4v) is 4.26. The van der Waals surface area contributed by atoms with Gasteiger partial charge in [-0.3, -0.25) is 9.69 Å². The first-order valence-corrected chi connectivity index (χ1v) is 9.43. The van der Waals surface area contributed by atoms with Crippen molar-refractivity contribution in [2.24, 2.45) is 0 Å². The normalized spacial score (nSPS) is 29.2. The van der Waals surface area contributed by atoms with Crippen molar-refractivity contribution in [3.63, 3.8) is 0 Å². The van der Waals surface area contributed by atoms with E-state index in [1.54, 1.807) is 0 Å². The van der Waals surface area contributed by atoms with Gasteiger partial charge in [0, 0.05) is 19.1 Å². The van der Waals surface area contributed by atoms with Crippen LogP contribution < -0.4 is 0 Å². The molecule has 4 atom stereocenters. The number of hydrogen-bond donors (Lipinski definition) is 0. The maximum Gasteiger partial charge on any atom is 0.239 e. The molecule has 0 N–H and O–H groups in total. The van der Waals surface area contributed by atoms with E-state index in [1.165, 1.54) is 0 Å². The lowest BCUT2D eigenvalue weighted by Crippen LogP contribution is -2.55. The minimum Gasteiger partial charge on any atom is -0.372 e. The Morgan fingerprint density at radius 2 is 1.96 bits per heavy atom. The summed E-state index contributed by atoms with van der Waals surface area (Å²) in [5.74, 6) is 1.97. The molecule has 1 amide bonds. The quantitative estimate of drug-likeness (QED) is 0.822. The van der Waals surface area contributed by atoms with Crippen molar-refractivity contribution >= 4 is 5.91 Å². The summed E-state index contributed by atoms with van der Waals surface area (Å²) < 4.78 is 7.74. The number of carbonyl (C=O) groups excluding carboxylic acids is 1. The van der Waals surface area contributed by atoms with Gasteiger partial charge < -0.3 is 9.64 Å². The van der Waals surface area contributed by atoms with Crippen LogP contribution >= 0.6 is 0 Å². The molecule has 1 aromatic heterocycles. The molecule has 7 nitrogen and oxygen atoms in total. The summed E-state index contributed by atoms with van der Waals surface area (Å²) in [5, 5.41) is 4.49. The summed E-state index contributed by atoms with van der Waals surface area (Å²) in [5.41, 5.74) is 0. The van der Waals surface area contributed by atoms with Crippen molar-refractivity contribution in [3.8, 4) is 0 Å². The van der Waals surface area contributed by atoms with Crippen LogP contribution in [0.1, 0.15) is 45.3 Å². The number of likely N-dealkylation sites (tertiary alicyclic amines) is 1. The molecule has 7 heteroatoms. The van der Waals surface area contributed by atoms with E-state index in [-0.39, 0.29) is 24.2 Å². The summed E-state index contributed by atoms with van der Waals surface area (Å²) in [6.07, 6.45) is 2.45. The first kappa shape index (κ1) is 18.3. The number of carbonyl (C=O) groups is 1. The molecule has 0 saturated carbocycles. The van der Waals surface area contributed by atoms with E-state index >= 15 is 0 Å². The van der Waals surface area contributed by atoms with Gasteiger partial charge in [-0.1, -0.05) is 0 Å². The van der Waals surface area contributed by atoms with Crippen molar-refractivity contribution in [1.29, 1.82) is 0 Å². The molecule has 140 valence electrons. The molecule has 0 spiro atoms. The zero-order valence-electron chi connectivity index (χ0n) is 16.1. The first-order valence-electron chi connectivity index (χ1n) is 9.43. The van der Waals surface area contributed by atoms with Crippen molar-refractivity contribution in [2.45, 2.75) is 78.3 Å². The summed E-state index contributed by atoms with van der Waals surface area (Å²) in [6, 6.07) is 0.240. The lowest BCUT2D eigenvalue weighted by Gasteiger charge is -2.39. The second-order valence-corrected chi connectivity index (χ2v) is 7.60. The average molecular weight is 349 g/mol. The molecule has 1 aromatic rings. The molecule has 2 saturated heterocycles. The number of nitrogens with zero attached hydrogens (tertiary/aromatic N) is 5. The van der Waals surface area contributed by atoms with Crippen LogP contribution in [0.5, 0.6) is 0 Å². The highest BCUT2D eigenvalue weighted by atomic mass is 16.5. The van der Waals surface area contributed by atoms with Crippen molar-refractivity contribution in [2.75, 3.05) is 19.6 Å². The van der Waals surface area contributed by atoms with Crippen LogP contribution in [0.3, 0.4) is 0 Å². The van der Waals surface area contributed by atoms with Crippen molar-refractivity contribution < 1.29 is 9.53 Å².